The molecule has 2 saturated heterocycles. The highest BCUT2D eigenvalue weighted by Gasteiger charge is 2.51. The number of rotatable bonds is 3. The summed E-state index contributed by atoms with van der Waals surface area (Å²) in [5.74, 6) is -0.0483. The molecule has 3 heterocycles. The number of aromatic nitrogens is 2. The van der Waals surface area contributed by atoms with Gasteiger partial charge >= 0.3 is 5.97 Å². The van der Waals surface area contributed by atoms with E-state index in [1.807, 2.05) is 30.3 Å². The molecular formula is C17H19N3O2. The molecule has 114 valence electrons. The first-order valence-electron chi connectivity index (χ1n) is 7.80. The minimum atomic E-state index is -0.391. The van der Waals surface area contributed by atoms with Crippen molar-refractivity contribution >= 4 is 5.97 Å². The van der Waals surface area contributed by atoms with E-state index in [0.29, 0.717) is 6.61 Å². The number of carbonyl (C=O) groups excluding carboxylic acids is 1. The molecule has 1 atom stereocenters. The minimum absolute atomic E-state index is 0.0483. The first kappa shape index (κ1) is 13.5. The monoisotopic (exact) mass is 297 g/mol. The van der Waals surface area contributed by atoms with E-state index in [2.05, 4.69) is 21.2 Å². The second kappa shape index (κ2) is 5.25. The Morgan fingerprint density at radius 2 is 2.14 bits per heavy atom. The molecule has 0 saturated carbocycles. The van der Waals surface area contributed by atoms with Gasteiger partial charge in [0.2, 0.25) is 0 Å². The molecule has 0 amide bonds. The van der Waals surface area contributed by atoms with Crippen molar-refractivity contribution in [2.24, 2.45) is 0 Å². The van der Waals surface area contributed by atoms with Gasteiger partial charge in [-0.25, -0.2) is 0 Å². The van der Waals surface area contributed by atoms with Crippen LogP contribution in [-0.2, 0) is 16.1 Å². The second-order valence-electron chi connectivity index (χ2n) is 6.09. The molecule has 1 aromatic carbocycles. The number of hydrogen-bond acceptors (Lipinski definition) is 4. The average molecular weight is 297 g/mol. The van der Waals surface area contributed by atoms with Crippen LogP contribution in [0.3, 0.4) is 0 Å². The van der Waals surface area contributed by atoms with E-state index in [1.54, 1.807) is 0 Å². The Morgan fingerprint density at radius 3 is 2.91 bits per heavy atom. The maximum atomic E-state index is 12.1. The summed E-state index contributed by atoms with van der Waals surface area (Å²) in [6, 6.07) is 12.2. The van der Waals surface area contributed by atoms with E-state index in [9.17, 15) is 4.79 Å². The van der Waals surface area contributed by atoms with E-state index in [1.165, 1.54) is 0 Å². The summed E-state index contributed by atoms with van der Waals surface area (Å²) in [5, 5.41) is 7.50. The molecule has 1 spiro atoms. The number of H-pyrrole nitrogens is 1. The van der Waals surface area contributed by atoms with Gasteiger partial charge in [0.25, 0.3) is 0 Å². The van der Waals surface area contributed by atoms with Gasteiger partial charge < -0.3 is 4.74 Å². The molecule has 5 nitrogen and oxygen atoms in total. The molecule has 2 aromatic rings. The van der Waals surface area contributed by atoms with Gasteiger partial charge in [-0.1, -0.05) is 30.3 Å². The minimum Gasteiger partial charge on any atom is -0.464 e. The van der Waals surface area contributed by atoms with Gasteiger partial charge in [-0.05, 0) is 25.5 Å². The van der Waals surface area contributed by atoms with Crippen LogP contribution >= 0.6 is 0 Å². The van der Waals surface area contributed by atoms with Crippen LogP contribution in [0, 0.1) is 0 Å². The molecule has 5 heteroatoms. The standard InChI is InChI=1S/C17H19N3O2/c21-16-17(8-10-22-16)7-4-9-20(17)12-14-11-15(19-18-14)13-5-2-1-3-6-13/h1-3,5-6,11H,4,7-10,12H2,(H,18,19). The van der Waals surface area contributed by atoms with Crippen LogP contribution in [0.2, 0.25) is 0 Å². The molecule has 1 N–H and O–H groups in total. The van der Waals surface area contributed by atoms with Gasteiger partial charge in [0, 0.05) is 24.2 Å². The summed E-state index contributed by atoms with van der Waals surface area (Å²) in [5.41, 5.74) is 2.69. The highest BCUT2D eigenvalue weighted by atomic mass is 16.5. The number of nitrogens with one attached hydrogen (secondary N) is 1. The number of esters is 1. The van der Waals surface area contributed by atoms with Crippen LogP contribution in [0.5, 0.6) is 0 Å². The van der Waals surface area contributed by atoms with Crippen LogP contribution in [-0.4, -0.2) is 39.8 Å². The molecular weight excluding hydrogens is 278 g/mol. The lowest BCUT2D eigenvalue weighted by molar-refractivity contribution is -0.147. The van der Waals surface area contributed by atoms with E-state index in [4.69, 9.17) is 4.74 Å². The Kier molecular flexibility index (Phi) is 3.22. The predicted molar refractivity (Wildman–Crippen MR) is 82.0 cm³/mol. The lowest BCUT2D eigenvalue weighted by Crippen LogP contribution is -2.47. The fourth-order valence-corrected chi connectivity index (χ4v) is 3.63. The van der Waals surface area contributed by atoms with Crippen molar-refractivity contribution in [3.05, 3.63) is 42.1 Å². The molecule has 2 aliphatic rings. The van der Waals surface area contributed by atoms with Gasteiger partial charge in [-0.15, -0.1) is 0 Å². The van der Waals surface area contributed by atoms with Crippen molar-refractivity contribution in [3.63, 3.8) is 0 Å². The molecule has 0 aliphatic carbocycles. The van der Waals surface area contributed by atoms with Crippen LogP contribution in [0.25, 0.3) is 11.3 Å². The predicted octanol–water partition coefficient (Wildman–Crippen LogP) is 2.36. The van der Waals surface area contributed by atoms with Crippen molar-refractivity contribution in [2.45, 2.75) is 31.3 Å². The number of likely N-dealkylation sites (tertiary alicyclic amines) is 1. The molecule has 22 heavy (non-hydrogen) atoms. The van der Waals surface area contributed by atoms with Gasteiger partial charge in [0.1, 0.15) is 5.54 Å². The Hall–Kier alpha value is -2.14. The number of ether oxygens (including phenoxy) is 1. The molecule has 2 fully saturated rings. The second-order valence-corrected chi connectivity index (χ2v) is 6.09. The third kappa shape index (κ3) is 2.13. The number of hydrogen-bond donors (Lipinski definition) is 1. The number of aromatic amines is 1. The lowest BCUT2D eigenvalue weighted by Gasteiger charge is -2.30. The summed E-state index contributed by atoms with van der Waals surface area (Å²) in [6.45, 7) is 2.21. The third-order valence-corrected chi connectivity index (χ3v) is 4.81. The van der Waals surface area contributed by atoms with E-state index in [0.717, 1.165) is 49.3 Å². The Balaban J connectivity index is 1.54. The lowest BCUT2D eigenvalue weighted by atomic mass is 9.94. The van der Waals surface area contributed by atoms with E-state index in [-0.39, 0.29) is 5.97 Å². The topological polar surface area (TPSA) is 58.2 Å². The highest BCUT2D eigenvalue weighted by molar-refractivity contribution is 5.83. The van der Waals surface area contributed by atoms with Crippen LogP contribution < -0.4 is 0 Å². The zero-order valence-electron chi connectivity index (χ0n) is 12.4. The molecule has 0 radical (unpaired) electrons. The quantitative estimate of drug-likeness (QED) is 0.884. The SMILES string of the molecule is O=C1OCCC12CCCN2Cc1cc(-c2ccccc2)n[nH]1. The summed E-state index contributed by atoms with van der Waals surface area (Å²) in [7, 11) is 0. The van der Waals surface area contributed by atoms with Crippen molar-refractivity contribution < 1.29 is 9.53 Å². The number of benzene rings is 1. The number of nitrogens with zero attached hydrogens (tertiary/aromatic N) is 2. The number of cyclic esters (lactones) is 1. The summed E-state index contributed by atoms with van der Waals surface area (Å²) < 4.78 is 5.23. The van der Waals surface area contributed by atoms with Crippen molar-refractivity contribution in [3.8, 4) is 11.3 Å². The highest BCUT2D eigenvalue weighted by Crippen LogP contribution is 2.38. The van der Waals surface area contributed by atoms with Crippen molar-refractivity contribution in [1.82, 2.24) is 15.1 Å². The van der Waals surface area contributed by atoms with Gasteiger partial charge in [-0.3, -0.25) is 14.8 Å². The first-order valence-corrected chi connectivity index (χ1v) is 7.80. The Labute approximate surface area is 129 Å². The summed E-state index contributed by atoms with van der Waals surface area (Å²) in [6.07, 6.45) is 2.77. The van der Waals surface area contributed by atoms with Crippen molar-refractivity contribution in [1.29, 1.82) is 0 Å². The normalized spacial score (nSPS) is 25.0. The van der Waals surface area contributed by atoms with Gasteiger partial charge in [0.15, 0.2) is 0 Å². The van der Waals surface area contributed by atoms with Crippen LogP contribution in [0.4, 0.5) is 0 Å². The molecule has 0 bridgehead atoms. The zero-order chi connectivity index (χ0) is 15.0. The smallest absolute Gasteiger partial charge is 0.326 e. The molecule has 2 aliphatic heterocycles. The zero-order valence-corrected chi connectivity index (χ0v) is 12.4. The average Bonchev–Trinajstić information content (AvgIpc) is 3.25. The first-order chi connectivity index (χ1) is 10.8. The molecule has 1 aromatic heterocycles. The van der Waals surface area contributed by atoms with E-state index < -0.39 is 5.54 Å². The number of carbonyl (C=O) groups is 1. The van der Waals surface area contributed by atoms with Crippen LogP contribution in [0.1, 0.15) is 25.0 Å². The van der Waals surface area contributed by atoms with Gasteiger partial charge in [-0.2, -0.15) is 5.10 Å². The summed E-state index contributed by atoms with van der Waals surface area (Å²) >= 11 is 0. The third-order valence-electron chi connectivity index (χ3n) is 4.81. The van der Waals surface area contributed by atoms with Crippen LogP contribution in [0.15, 0.2) is 36.4 Å². The fourth-order valence-electron chi connectivity index (χ4n) is 3.63. The molecule has 4 rings (SSSR count). The summed E-state index contributed by atoms with van der Waals surface area (Å²) in [4.78, 5) is 14.4. The largest absolute Gasteiger partial charge is 0.464 e. The Bertz CT molecular complexity index is 678. The fraction of sp³-hybridized carbons (Fsp3) is 0.412. The van der Waals surface area contributed by atoms with E-state index >= 15 is 0 Å². The van der Waals surface area contributed by atoms with Gasteiger partial charge in [0.05, 0.1) is 12.3 Å². The maximum absolute atomic E-state index is 12.1. The van der Waals surface area contributed by atoms with Crippen molar-refractivity contribution in [2.75, 3.05) is 13.2 Å². The maximum Gasteiger partial charge on any atom is 0.326 e. The Morgan fingerprint density at radius 1 is 1.27 bits per heavy atom. The molecule has 1 unspecified atom stereocenters.